The molecule has 1 saturated heterocycles. The second-order valence-electron chi connectivity index (χ2n) is 4.88. The average Bonchev–Trinajstić information content (AvgIpc) is 2.48. The molecule has 2 rings (SSSR count). The van der Waals surface area contributed by atoms with Crippen molar-refractivity contribution in [3.63, 3.8) is 0 Å². The van der Waals surface area contributed by atoms with E-state index in [1.54, 1.807) is 23.1 Å². The zero-order valence-electron chi connectivity index (χ0n) is 11.4. The molecule has 1 aliphatic heterocycles. The van der Waals surface area contributed by atoms with Gasteiger partial charge in [-0.15, -0.1) is 0 Å². The third kappa shape index (κ3) is 3.70. The lowest BCUT2D eigenvalue weighted by molar-refractivity contribution is -0.385. The number of amides is 1. The smallest absolute Gasteiger partial charge is 0.273 e. The second-order valence-corrected chi connectivity index (χ2v) is 4.88. The molecule has 0 atom stereocenters. The lowest BCUT2D eigenvalue weighted by atomic mass is 10.0. The van der Waals surface area contributed by atoms with Gasteiger partial charge in [0.2, 0.25) is 5.91 Å². The van der Waals surface area contributed by atoms with Gasteiger partial charge in [0.25, 0.3) is 5.69 Å². The number of benzene rings is 1. The van der Waals surface area contributed by atoms with Crippen LogP contribution in [0.2, 0.25) is 0 Å². The first-order chi connectivity index (χ1) is 10.1. The molecule has 110 valence electrons. The number of hydrogen-bond donors (Lipinski definition) is 0. The molecule has 0 aliphatic carbocycles. The van der Waals surface area contributed by atoms with Crippen LogP contribution in [0.4, 0.5) is 5.69 Å². The first-order valence-electron chi connectivity index (χ1n) is 6.66. The Morgan fingerprint density at radius 3 is 2.71 bits per heavy atom. The third-order valence-electron chi connectivity index (χ3n) is 3.56. The Morgan fingerprint density at radius 1 is 1.43 bits per heavy atom. The van der Waals surface area contributed by atoms with Crippen LogP contribution in [0.1, 0.15) is 18.4 Å². The van der Waals surface area contributed by atoms with Crippen molar-refractivity contribution in [3.05, 3.63) is 50.4 Å². The standard InChI is InChI=1S/C13H15N5O3/c14-16-15-11-5-7-17(8-6-11)13(19)9-10-3-1-2-4-12(10)18(20)21/h1-4,11H,5-9H2. The molecule has 0 N–H and O–H groups in total. The van der Waals surface area contributed by atoms with E-state index in [1.807, 2.05) is 0 Å². The van der Waals surface area contributed by atoms with Gasteiger partial charge in [-0.05, 0) is 18.4 Å². The van der Waals surface area contributed by atoms with Crippen LogP contribution in [-0.4, -0.2) is 34.9 Å². The summed E-state index contributed by atoms with van der Waals surface area (Å²) in [6.45, 7) is 1.03. The monoisotopic (exact) mass is 289 g/mol. The molecule has 0 unspecified atom stereocenters. The molecule has 1 aromatic rings. The fraction of sp³-hybridized carbons (Fsp3) is 0.462. The molecular formula is C13H15N5O3. The van der Waals surface area contributed by atoms with Crippen molar-refractivity contribution in [2.75, 3.05) is 13.1 Å². The highest BCUT2D eigenvalue weighted by atomic mass is 16.6. The Bertz CT molecular complexity index is 589. The van der Waals surface area contributed by atoms with Crippen LogP contribution >= 0.6 is 0 Å². The number of para-hydroxylation sites is 1. The summed E-state index contributed by atoms with van der Waals surface area (Å²) in [5.41, 5.74) is 8.77. The largest absolute Gasteiger partial charge is 0.342 e. The Balaban J connectivity index is 2.00. The molecule has 1 heterocycles. The molecule has 8 heteroatoms. The van der Waals surface area contributed by atoms with Crippen LogP contribution in [-0.2, 0) is 11.2 Å². The Morgan fingerprint density at radius 2 is 2.10 bits per heavy atom. The summed E-state index contributed by atoms with van der Waals surface area (Å²) in [4.78, 5) is 27.1. The zero-order valence-corrected chi connectivity index (χ0v) is 11.4. The first kappa shape index (κ1) is 14.8. The number of carbonyl (C=O) groups is 1. The summed E-state index contributed by atoms with van der Waals surface area (Å²) in [5, 5.41) is 14.6. The van der Waals surface area contributed by atoms with Crippen molar-refractivity contribution in [2.45, 2.75) is 25.3 Å². The van der Waals surface area contributed by atoms with Gasteiger partial charge in [0.1, 0.15) is 0 Å². The van der Waals surface area contributed by atoms with Gasteiger partial charge in [-0.3, -0.25) is 14.9 Å². The van der Waals surface area contributed by atoms with Crippen LogP contribution in [0, 0.1) is 10.1 Å². The fourth-order valence-electron chi connectivity index (χ4n) is 2.42. The lowest BCUT2D eigenvalue weighted by Crippen LogP contribution is -2.40. The molecule has 21 heavy (non-hydrogen) atoms. The number of nitro groups is 1. The van der Waals surface area contributed by atoms with E-state index in [0.29, 0.717) is 31.5 Å². The van der Waals surface area contributed by atoms with Gasteiger partial charge in [-0.2, -0.15) is 0 Å². The minimum Gasteiger partial charge on any atom is -0.342 e. The van der Waals surface area contributed by atoms with Crippen LogP contribution < -0.4 is 0 Å². The molecule has 1 amide bonds. The first-order valence-corrected chi connectivity index (χ1v) is 6.66. The number of likely N-dealkylation sites (tertiary alicyclic amines) is 1. The van der Waals surface area contributed by atoms with Crippen molar-refractivity contribution >= 4 is 11.6 Å². The quantitative estimate of drug-likeness (QED) is 0.279. The van der Waals surface area contributed by atoms with E-state index >= 15 is 0 Å². The average molecular weight is 289 g/mol. The van der Waals surface area contributed by atoms with E-state index in [9.17, 15) is 14.9 Å². The van der Waals surface area contributed by atoms with Gasteiger partial charge >= 0.3 is 0 Å². The predicted octanol–water partition coefficient (Wildman–Crippen LogP) is 2.44. The van der Waals surface area contributed by atoms with E-state index in [-0.39, 0.29) is 24.1 Å². The van der Waals surface area contributed by atoms with Crippen molar-refractivity contribution in [2.24, 2.45) is 5.11 Å². The summed E-state index contributed by atoms with van der Waals surface area (Å²) in [5.74, 6) is -0.135. The summed E-state index contributed by atoms with van der Waals surface area (Å²) >= 11 is 0. The van der Waals surface area contributed by atoms with Gasteiger partial charge in [0.15, 0.2) is 0 Å². The zero-order chi connectivity index (χ0) is 15.2. The number of carbonyl (C=O) groups excluding carboxylic acids is 1. The number of nitrogens with zero attached hydrogens (tertiary/aromatic N) is 5. The third-order valence-corrected chi connectivity index (χ3v) is 3.56. The topological polar surface area (TPSA) is 112 Å². The Hall–Kier alpha value is -2.60. The Labute approximate surface area is 121 Å². The van der Waals surface area contributed by atoms with Crippen molar-refractivity contribution in [1.29, 1.82) is 0 Å². The predicted molar refractivity (Wildman–Crippen MR) is 75.5 cm³/mol. The number of piperidine rings is 1. The summed E-state index contributed by atoms with van der Waals surface area (Å²) in [6, 6.07) is 6.20. The number of nitro benzene ring substituents is 1. The maximum atomic E-state index is 12.2. The van der Waals surface area contributed by atoms with Gasteiger partial charge in [0, 0.05) is 35.7 Å². The number of hydrogen-bond acceptors (Lipinski definition) is 4. The molecule has 1 aromatic carbocycles. The summed E-state index contributed by atoms with van der Waals surface area (Å²) in [6.07, 6.45) is 1.28. The molecule has 0 aromatic heterocycles. The summed E-state index contributed by atoms with van der Waals surface area (Å²) < 4.78 is 0. The molecule has 1 aliphatic rings. The van der Waals surface area contributed by atoms with Crippen LogP contribution in [0.15, 0.2) is 29.4 Å². The lowest BCUT2D eigenvalue weighted by Gasteiger charge is -2.30. The van der Waals surface area contributed by atoms with E-state index in [4.69, 9.17) is 5.53 Å². The minimum absolute atomic E-state index is 0.0172. The van der Waals surface area contributed by atoms with Crippen molar-refractivity contribution in [3.8, 4) is 0 Å². The van der Waals surface area contributed by atoms with Crippen LogP contribution in [0.3, 0.4) is 0 Å². The van der Waals surface area contributed by atoms with E-state index in [2.05, 4.69) is 10.0 Å². The number of azide groups is 1. The fourth-order valence-corrected chi connectivity index (χ4v) is 2.42. The SMILES string of the molecule is [N-]=[N+]=NC1CCN(C(=O)Cc2ccccc2[N+](=O)[O-])CC1. The van der Waals surface area contributed by atoms with Crippen LogP contribution in [0.5, 0.6) is 0 Å². The van der Waals surface area contributed by atoms with Gasteiger partial charge < -0.3 is 4.90 Å². The van der Waals surface area contributed by atoms with E-state index in [1.165, 1.54) is 6.07 Å². The molecular weight excluding hydrogens is 274 g/mol. The minimum atomic E-state index is -0.476. The molecule has 0 radical (unpaired) electrons. The highest BCUT2D eigenvalue weighted by Crippen LogP contribution is 2.20. The van der Waals surface area contributed by atoms with Gasteiger partial charge in [-0.1, -0.05) is 23.3 Å². The molecule has 8 nitrogen and oxygen atoms in total. The van der Waals surface area contributed by atoms with Gasteiger partial charge in [-0.25, -0.2) is 0 Å². The normalized spacial score (nSPS) is 15.3. The number of rotatable bonds is 4. The second kappa shape index (κ2) is 6.71. The highest BCUT2D eigenvalue weighted by Gasteiger charge is 2.24. The maximum Gasteiger partial charge on any atom is 0.273 e. The van der Waals surface area contributed by atoms with E-state index < -0.39 is 4.92 Å². The molecule has 0 saturated carbocycles. The highest BCUT2D eigenvalue weighted by molar-refractivity contribution is 5.80. The van der Waals surface area contributed by atoms with Gasteiger partial charge in [0.05, 0.1) is 11.3 Å². The van der Waals surface area contributed by atoms with Crippen molar-refractivity contribution in [1.82, 2.24) is 4.90 Å². The van der Waals surface area contributed by atoms with Crippen molar-refractivity contribution < 1.29 is 9.72 Å². The molecule has 0 spiro atoms. The summed E-state index contributed by atoms with van der Waals surface area (Å²) in [7, 11) is 0. The molecule has 0 bridgehead atoms. The van der Waals surface area contributed by atoms with E-state index in [0.717, 1.165) is 0 Å². The van der Waals surface area contributed by atoms with Crippen LogP contribution in [0.25, 0.3) is 10.4 Å². The maximum absolute atomic E-state index is 12.2. The Kier molecular flexibility index (Phi) is 4.73. The molecule has 1 fully saturated rings.